The number of methoxy groups -OCH3 is 1. The molecule has 5 atom stereocenters. The van der Waals surface area contributed by atoms with Crippen LogP contribution in [0.2, 0.25) is 0 Å². The summed E-state index contributed by atoms with van der Waals surface area (Å²) in [5, 5.41) is 17.9. The van der Waals surface area contributed by atoms with E-state index in [1.807, 2.05) is 14.2 Å². The maximum Gasteiger partial charge on any atom is 0.113 e. The summed E-state index contributed by atoms with van der Waals surface area (Å²) < 4.78 is 5.79. The zero-order chi connectivity index (χ0) is 18.2. The normalized spacial score (nSPS) is 36.5. The van der Waals surface area contributed by atoms with Gasteiger partial charge in [-0.15, -0.1) is 0 Å². The van der Waals surface area contributed by atoms with Crippen molar-refractivity contribution >= 4 is 0 Å². The van der Waals surface area contributed by atoms with E-state index < -0.39 is 0 Å². The molecule has 0 radical (unpaired) electrons. The van der Waals surface area contributed by atoms with Crippen molar-refractivity contribution in [1.82, 2.24) is 31.5 Å². The second-order valence-corrected chi connectivity index (χ2v) is 8.15. The van der Waals surface area contributed by atoms with Gasteiger partial charge in [0.1, 0.15) is 6.29 Å². The summed E-state index contributed by atoms with van der Waals surface area (Å²) >= 11 is 0. The maximum absolute atomic E-state index is 5.79. The van der Waals surface area contributed by atoms with Gasteiger partial charge in [-0.25, -0.2) is 0 Å². The zero-order valence-corrected chi connectivity index (χ0v) is 16.7. The Morgan fingerprint density at radius 1 is 1.15 bits per heavy atom. The summed E-state index contributed by atoms with van der Waals surface area (Å²) in [6.07, 6.45) is 8.37. The first-order chi connectivity index (χ1) is 12.8. The van der Waals surface area contributed by atoms with Crippen molar-refractivity contribution in [1.29, 1.82) is 0 Å². The van der Waals surface area contributed by atoms with E-state index >= 15 is 0 Å². The zero-order valence-electron chi connectivity index (χ0n) is 16.7. The van der Waals surface area contributed by atoms with E-state index in [0.29, 0.717) is 24.2 Å². The summed E-state index contributed by atoms with van der Waals surface area (Å²) in [6.45, 7) is 6.97. The number of likely N-dealkylation sites (tertiary alicyclic amines) is 1. The molecular formula is C19H40N6O. The Morgan fingerprint density at radius 2 is 2.00 bits per heavy atom. The minimum Gasteiger partial charge on any atom is -0.381 e. The molecule has 1 saturated carbocycles. The van der Waals surface area contributed by atoms with Gasteiger partial charge in [-0.1, -0.05) is 0 Å². The highest BCUT2D eigenvalue weighted by atomic mass is 16.5. The van der Waals surface area contributed by atoms with Crippen molar-refractivity contribution in [2.75, 3.05) is 53.4 Å². The van der Waals surface area contributed by atoms with E-state index in [4.69, 9.17) is 4.74 Å². The van der Waals surface area contributed by atoms with Gasteiger partial charge in [0.05, 0.1) is 12.3 Å². The lowest BCUT2D eigenvalue weighted by atomic mass is 9.83. The number of hydrogen-bond acceptors (Lipinski definition) is 7. The van der Waals surface area contributed by atoms with Crippen molar-refractivity contribution in [3.63, 3.8) is 0 Å². The molecule has 1 aliphatic carbocycles. The first kappa shape index (κ1) is 20.5. The Labute approximate surface area is 159 Å². The molecule has 3 fully saturated rings. The van der Waals surface area contributed by atoms with Crippen molar-refractivity contribution in [3.05, 3.63) is 0 Å². The van der Waals surface area contributed by atoms with Crippen LogP contribution in [0.25, 0.3) is 0 Å². The average Bonchev–Trinajstić information content (AvgIpc) is 3.19. The first-order valence-electron chi connectivity index (χ1n) is 10.7. The number of nitrogens with one attached hydrogen (secondary N) is 5. The van der Waals surface area contributed by atoms with Gasteiger partial charge in [-0.05, 0) is 64.6 Å². The Morgan fingerprint density at radius 3 is 2.77 bits per heavy atom. The van der Waals surface area contributed by atoms with Crippen LogP contribution in [0.4, 0.5) is 0 Å². The molecule has 5 unspecified atom stereocenters. The monoisotopic (exact) mass is 368 g/mol. The molecule has 7 heteroatoms. The topological polar surface area (TPSA) is 72.6 Å². The fraction of sp³-hybridized carbons (Fsp3) is 1.00. The number of rotatable bonds is 9. The largest absolute Gasteiger partial charge is 0.381 e. The third kappa shape index (κ3) is 6.12. The minimum atomic E-state index is 0.203. The molecule has 0 aromatic carbocycles. The minimum absolute atomic E-state index is 0.203. The molecule has 26 heavy (non-hydrogen) atoms. The highest BCUT2D eigenvalue weighted by Gasteiger charge is 2.32. The Hall–Kier alpha value is -0.280. The van der Waals surface area contributed by atoms with Crippen LogP contribution >= 0.6 is 0 Å². The van der Waals surface area contributed by atoms with Crippen LogP contribution in [0, 0.1) is 5.92 Å². The third-order valence-corrected chi connectivity index (χ3v) is 6.33. The number of hydrogen-bond donors (Lipinski definition) is 5. The van der Waals surface area contributed by atoms with E-state index in [0.717, 1.165) is 32.5 Å². The molecule has 2 aliphatic heterocycles. The molecule has 3 rings (SSSR count). The van der Waals surface area contributed by atoms with E-state index in [9.17, 15) is 0 Å². The van der Waals surface area contributed by atoms with Crippen molar-refractivity contribution in [2.45, 2.75) is 63.1 Å². The number of nitrogens with zero attached hydrogens (tertiary/aromatic N) is 1. The van der Waals surface area contributed by atoms with Crippen molar-refractivity contribution in [2.24, 2.45) is 5.92 Å². The summed E-state index contributed by atoms with van der Waals surface area (Å²) in [6, 6.07) is 0.549. The summed E-state index contributed by atoms with van der Waals surface area (Å²) in [5.41, 5.74) is 0. The highest BCUT2D eigenvalue weighted by molar-refractivity contribution is 4.88. The first-order valence-corrected chi connectivity index (χ1v) is 10.7. The van der Waals surface area contributed by atoms with Gasteiger partial charge < -0.3 is 20.3 Å². The lowest BCUT2D eigenvalue weighted by Crippen LogP contribution is -2.65. The van der Waals surface area contributed by atoms with Crippen molar-refractivity contribution in [3.8, 4) is 0 Å². The van der Waals surface area contributed by atoms with E-state index in [1.54, 1.807) is 0 Å². The fourth-order valence-electron chi connectivity index (χ4n) is 4.73. The van der Waals surface area contributed by atoms with Gasteiger partial charge in [0.15, 0.2) is 0 Å². The van der Waals surface area contributed by atoms with Crippen molar-refractivity contribution < 1.29 is 4.74 Å². The van der Waals surface area contributed by atoms with Gasteiger partial charge >= 0.3 is 0 Å². The van der Waals surface area contributed by atoms with Crippen LogP contribution in [0.5, 0.6) is 0 Å². The fourth-order valence-corrected chi connectivity index (χ4v) is 4.73. The van der Waals surface area contributed by atoms with Gasteiger partial charge in [-0.2, -0.15) is 0 Å². The summed E-state index contributed by atoms with van der Waals surface area (Å²) in [4.78, 5) is 2.57. The Kier molecular flexibility index (Phi) is 8.58. The SMILES string of the molecule is CNC1CCNC(NC2CCC(OC)C(CNCCN3CCCC3)C2)N1. The molecule has 0 aromatic rings. The third-order valence-electron chi connectivity index (χ3n) is 6.33. The lowest BCUT2D eigenvalue weighted by molar-refractivity contribution is 0.0114. The van der Waals surface area contributed by atoms with Crippen LogP contribution < -0.4 is 26.6 Å². The lowest BCUT2D eigenvalue weighted by Gasteiger charge is -2.40. The molecule has 0 aromatic heterocycles. The van der Waals surface area contributed by atoms with Gasteiger partial charge in [-0.3, -0.25) is 16.0 Å². The Balaban J connectivity index is 1.39. The highest BCUT2D eigenvalue weighted by Crippen LogP contribution is 2.26. The Bertz CT molecular complexity index is 392. The number of ether oxygens (including phenoxy) is 1. The summed E-state index contributed by atoms with van der Waals surface area (Å²) in [7, 11) is 3.89. The van der Waals surface area contributed by atoms with Crippen LogP contribution in [-0.4, -0.2) is 82.9 Å². The van der Waals surface area contributed by atoms with E-state index in [-0.39, 0.29) is 6.29 Å². The van der Waals surface area contributed by atoms with E-state index in [1.165, 1.54) is 45.3 Å². The predicted octanol–water partition coefficient (Wildman–Crippen LogP) is -0.143. The van der Waals surface area contributed by atoms with E-state index in [2.05, 4.69) is 31.5 Å². The molecule has 7 nitrogen and oxygen atoms in total. The molecule has 152 valence electrons. The molecule has 5 N–H and O–H groups in total. The second-order valence-electron chi connectivity index (χ2n) is 8.15. The molecule has 0 amide bonds. The molecule has 2 heterocycles. The maximum atomic E-state index is 5.79. The van der Waals surface area contributed by atoms with Crippen LogP contribution in [-0.2, 0) is 4.74 Å². The predicted molar refractivity (Wildman–Crippen MR) is 106 cm³/mol. The second kappa shape index (κ2) is 10.9. The standard InChI is InChI=1S/C19H40N6O/c1-20-18-7-8-22-19(24-18)23-16-5-6-17(26-2)15(13-16)14-21-9-12-25-10-3-4-11-25/h15-24H,3-14H2,1-2H3. The van der Waals surface area contributed by atoms with Gasteiger partial charge in [0.2, 0.25) is 0 Å². The molecule has 0 spiro atoms. The van der Waals surface area contributed by atoms with Crippen LogP contribution in [0.3, 0.4) is 0 Å². The molecular weight excluding hydrogens is 328 g/mol. The molecule has 3 aliphatic rings. The molecule has 2 saturated heterocycles. The smallest absolute Gasteiger partial charge is 0.113 e. The average molecular weight is 369 g/mol. The van der Waals surface area contributed by atoms with Crippen LogP contribution in [0.15, 0.2) is 0 Å². The van der Waals surface area contributed by atoms with Gasteiger partial charge in [0.25, 0.3) is 0 Å². The quantitative estimate of drug-likeness (QED) is 0.363. The van der Waals surface area contributed by atoms with Crippen LogP contribution in [0.1, 0.15) is 38.5 Å². The van der Waals surface area contributed by atoms with Gasteiger partial charge in [0, 0.05) is 39.3 Å². The summed E-state index contributed by atoms with van der Waals surface area (Å²) in [5.74, 6) is 0.591. The molecule has 0 bridgehead atoms.